The molecule has 1 aliphatic carbocycles. The summed E-state index contributed by atoms with van der Waals surface area (Å²) in [4.78, 5) is 13.9. The summed E-state index contributed by atoms with van der Waals surface area (Å²) in [6.07, 6.45) is -16.0. The van der Waals surface area contributed by atoms with Crippen LogP contribution in [-0.4, -0.2) is 118 Å². The number of ether oxygens (including phenoxy) is 5. The third kappa shape index (κ3) is 5.74. The maximum absolute atomic E-state index is 13.9. The predicted molar refractivity (Wildman–Crippen MR) is 147 cm³/mol. The van der Waals surface area contributed by atoms with Crippen LogP contribution in [0.4, 0.5) is 0 Å². The third-order valence-electron chi connectivity index (χ3n) is 7.81. The molecule has 1 aromatic carbocycles. The van der Waals surface area contributed by atoms with Crippen LogP contribution >= 0.6 is 0 Å². The monoisotopic (exact) mass is 607 g/mol. The lowest BCUT2D eigenvalue weighted by molar-refractivity contribution is -0.342. The summed E-state index contributed by atoms with van der Waals surface area (Å²) in [5, 5.41) is 70.0. The van der Waals surface area contributed by atoms with Gasteiger partial charge in [-0.2, -0.15) is 0 Å². The van der Waals surface area contributed by atoms with Gasteiger partial charge in [0.1, 0.15) is 71.9 Å². The molecule has 14 heteroatoms. The van der Waals surface area contributed by atoms with Gasteiger partial charge in [-0.05, 0) is 36.4 Å². The lowest BCUT2D eigenvalue weighted by Gasteiger charge is -2.46. The number of benzene rings is 2. The SMILES string of the molecule is COc1ccc(-c2ccc3c(=O)c([C@@H]4O[C@H](C[OH2+])[C@@H](O)[C@H](O)[C@H]4O[C@@H]4O[C@H](CO)[C@@H](O)[C@H](O)[C@H]4O)c(OC)cc-3o2)cc1. The average molecular weight is 608 g/mol. The lowest BCUT2D eigenvalue weighted by Crippen LogP contribution is -2.63. The molecule has 10 atom stereocenters. The van der Waals surface area contributed by atoms with E-state index in [0.717, 1.165) is 5.56 Å². The highest BCUT2D eigenvalue weighted by Gasteiger charge is 2.52. The van der Waals surface area contributed by atoms with Crippen molar-refractivity contribution in [3.63, 3.8) is 0 Å². The molecule has 14 nitrogen and oxygen atoms in total. The van der Waals surface area contributed by atoms with Gasteiger partial charge >= 0.3 is 0 Å². The largest absolute Gasteiger partial charge is 0.497 e. The van der Waals surface area contributed by atoms with Crippen molar-refractivity contribution in [3.05, 3.63) is 58.3 Å². The van der Waals surface area contributed by atoms with Gasteiger partial charge in [-0.15, -0.1) is 0 Å². The maximum Gasteiger partial charge on any atom is 0.199 e. The third-order valence-corrected chi connectivity index (χ3v) is 7.81. The van der Waals surface area contributed by atoms with E-state index in [2.05, 4.69) is 0 Å². The Kier molecular flexibility index (Phi) is 9.34. The van der Waals surface area contributed by atoms with Gasteiger partial charge in [0, 0.05) is 11.6 Å². The molecule has 0 bridgehead atoms. The molecule has 1 aromatic rings. The Labute approximate surface area is 245 Å². The van der Waals surface area contributed by atoms with Gasteiger partial charge in [-0.25, -0.2) is 0 Å². The van der Waals surface area contributed by atoms with E-state index in [9.17, 15) is 35.4 Å². The van der Waals surface area contributed by atoms with E-state index in [0.29, 0.717) is 11.5 Å². The minimum absolute atomic E-state index is 0.00662. The molecule has 0 radical (unpaired) electrons. The molecular formula is C29H35O14+. The molecular weight excluding hydrogens is 572 g/mol. The van der Waals surface area contributed by atoms with E-state index in [1.54, 1.807) is 43.5 Å². The highest BCUT2D eigenvalue weighted by atomic mass is 16.7. The van der Waals surface area contributed by atoms with Crippen molar-refractivity contribution < 1.29 is 63.8 Å². The normalized spacial score (nSPS) is 33.0. The zero-order chi connectivity index (χ0) is 31.0. The van der Waals surface area contributed by atoms with E-state index in [4.69, 9.17) is 33.2 Å². The second kappa shape index (κ2) is 12.8. The van der Waals surface area contributed by atoms with Crippen LogP contribution in [0.2, 0.25) is 0 Å². The second-order valence-corrected chi connectivity index (χ2v) is 10.3. The van der Waals surface area contributed by atoms with Gasteiger partial charge in [0.2, 0.25) is 0 Å². The lowest BCUT2D eigenvalue weighted by atomic mass is 9.88. The van der Waals surface area contributed by atoms with Crippen molar-refractivity contribution >= 4 is 0 Å². The number of aliphatic hydroxyl groups excluding tert-OH is 6. The highest BCUT2D eigenvalue weighted by molar-refractivity contribution is 5.69. The fraction of sp³-hybridized carbons (Fsp3) is 0.483. The first-order chi connectivity index (χ1) is 20.6. The maximum atomic E-state index is 13.9. The molecule has 0 saturated carbocycles. The van der Waals surface area contributed by atoms with Crippen LogP contribution in [0.15, 0.2) is 51.7 Å². The number of aliphatic hydroxyl groups is 6. The summed E-state index contributed by atoms with van der Waals surface area (Å²) in [5.74, 6) is 1.28. The van der Waals surface area contributed by atoms with Crippen LogP contribution in [0.25, 0.3) is 22.6 Å². The van der Waals surface area contributed by atoms with Crippen LogP contribution in [0.5, 0.6) is 11.5 Å². The van der Waals surface area contributed by atoms with Crippen molar-refractivity contribution in [3.8, 4) is 34.1 Å². The second-order valence-electron chi connectivity index (χ2n) is 10.3. The molecule has 2 fully saturated rings. The quantitative estimate of drug-likeness (QED) is 0.161. The zero-order valence-electron chi connectivity index (χ0n) is 23.3. The van der Waals surface area contributed by atoms with Crippen molar-refractivity contribution in [1.29, 1.82) is 0 Å². The molecule has 5 rings (SSSR count). The summed E-state index contributed by atoms with van der Waals surface area (Å²) in [6, 6.07) is 11.7. The summed E-state index contributed by atoms with van der Waals surface area (Å²) >= 11 is 0. The Hall–Kier alpha value is -3.15. The summed E-state index contributed by atoms with van der Waals surface area (Å²) in [6.45, 7) is -1.21. The van der Waals surface area contributed by atoms with Crippen molar-refractivity contribution in [2.24, 2.45) is 0 Å². The van der Waals surface area contributed by atoms with Gasteiger partial charge in [-0.3, -0.25) is 4.79 Å². The van der Waals surface area contributed by atoms with E-state index >= 15 is 0 Å². The van der Waals surface area contributed by atoms with Crippen molar-refractivity contribution in [2.45, 2.75) is 61.2 Å². The molecule has 234 valence electrons. The Balaban J connectivity index is 1.56. The summed E-state index contributed by atoms with van der Waals surface area (Å²) < 4.78 is 33.9. The molecule has 3 heterocycles. The molecule has 4 aliphatic rings. The number of methoxy groups -OCH3 is 2. The number of rotatable bonds is 8. The van der Waals surface area contributed by atoms with Gasteiger partial charge in [-0.1, -0.05) is 0 Å². The fourth-order valence-electron chi connectivity index (χ4n) is 5.37. The highest BCUT2D eigenvalue weighted by Crippen LogP contribution is 2.41. The molecule has 3 aliphatic heterocycles. The Bertz CT molecular complexity index is 1410. The van der Waals surface area contributed by atoms with Crippen LogP contribution in [0, 0.1) is 0 Å². The Morgan fingerprint density at radius 1 is 0.814 bits per heavy atom. The summed E-state index contributed by atoms with van der Waals surface area (Å²) in [5.41, 5.74) is 0.115. The minimum Gasteiger partial charge on any atom is -0.497 e. The van der Waals surface area contributed by atoms with Gasteiger partial charge in [0.05, 0.1) is 32.0 Å². The van der Waals surface area contributed by atoms with E-state index in [1.807, 2.05) is 0 Å². The first-order valence-electron chi connectivity index (χ1n) is 13.5. The first-order valence-corrected chi connectivity index (χ1v) is 13.5. The van der Waals surface area contributed by atoms with Crippen molar-refractivity contribution in [2.75, 3.05) is 27.4 Å². The van der Waals surface area contributed by atoms with Crippen LogP contribution in [0.3, 0.4) is 0 Å². The van der Waals surface area contributed by atoms with E-state index in [1.165, 1.54) is 13.2 Å². The van der Waals surface area contributed by atoms with Crippen LogP contribution in [0.1, 0.15) is 11.7 Å². The minimum atomic E-state index is -1.84. The van der Waals surface area contributed by atoms with Gasteiger partial charge in [0.15, 0.2) is 24.4 Å². The van der Waals surface area contributed by atoms with Crippen LogP contribution in [-0.2, 0) is 14.2 Å². The standard InChI is InChI=1S/C29H34O14/c1-38-13-5-3-12(4-6-13)15-8-7-14-16(40-15)9-17(39-2)20(21(14)32)27-28(25(36)23(34)18(10-30)41-27)43-29-26(37)24(35)22(33)19(11-31)42-29/h3-9,18-19,22-31,33-37H,10-11H2,1-2H3/p+1/t18-,19-,22-,23-,24+,25+,26-,27+,28-,29+/m1/s1. The van der Waals surface area contributed by atoms with E-state index in [-0.39, 0.29) is 22.6 Å². The first kappa shape index (κ1) is 31.3. The predicted octanol–water partition coefficient (Wildman–Crippen LogP) is -1.50. The zero-order valence-corrected chi connectivity index (χ0v) is 23.3. The fourth-order valence-corrected chi connectivity index (χ4v) is 5.37. The Morgan fingerprint density at radius 3 is 2.14 bits per heavy atom. The molecule has 0 unspecified atom stereocenters. The molecule has 0 amide bonds. The van der Waals surface area contributed by atoms with Gasteiger partial charge in [0.25, 0.3) is 0 Å². The molecule has 43 heavy (non-hydrogen) atoms. The summed E-state index contributed by atoms with van der Waals surface area (Å²) in [7, 11) is 2.86. The van der Waals surface area contributed by atoms with E-state index < -0.39 is 79.9 Å². The van der Waals surface area contributed by atoms with Gasteiger partial charge < -0.3 is 63.8 Å². The molecule has 0 aromatic heterocycles. The molecule has 2 saturated heterocycles. The number of hydrogen-bond acceptors (Lipinski definition) is 13. The van der Waals surface area contributed by atoms with Crippen LogP contribution < -0.4 is 14.9 Å². The molecule has 0 spiro atoms. The topological polar surface area (TPSA) is 221 Å². The number of hydrogen-bond donors (Lipinski definition) is 6. The average Bonchev–Trinajstić information content (AvgIpc) is 3.03. The smallest absolute Gasteiger partial charge is 0.199 e. The molecule has 8 N–H and O–H groups in total. The number of fused-ring (bicyclic) bond motifs is 1. The Morgan fingerprint density at radius 2 is 1.51 bits per heavy atom. The van der Waals surface area contributed by atoms with Crippen molar-refractivity contribution in [1.82, 2.24) is 0 Å².